The van der Waals surface area contributed by atoms with Gasteiger partial charge in [-0.1, -0.05) is 51.2 Å². The fraction of sp³-hybridized carbons (Fsp3) is 0.538. The van der Waals surface area contributed by atoms with E-state index in [-0.39, 0.29) is 0 Å². The lowest BCUT2D eigenvalue weighted by Crippen LogP contribution is -2.50. The molecule has 0 heterocycles. The molecule has 2 aromatic carbocycles. The molecule has 0 bridgehead atoms. The summed E-state index contributed by atoms with van der Waals surface area (Å²) < 4.78 is 5.79. The van der Waals surface area contributed by atoms with Crippen LogP contribution in [0.1, 0.15) is 76.7 Å². The van der Waals surface area contributed by atoms with Gasteiger partial charge >= 0.3 is 0 Å². The van der Waals surface area contributed by atoms with Crippen LogP contribution >= 0.6 is 0 Å². The van der Waals surface area contributed by atoms with Gasteiger partial charge in [0, 0.05) is 0 Å². The van der Waals surface area contributed by atoms with Crippen molar-refractivity contribution in [3.63, 3.8) is 0 Å². The second-order valence-electron chi connectivity index (χ2n) is 7.99. The second-order valence-corrected chi connectivity index (χ2v) is 7.99. The summed E-state index contributed by atoms with van der Waals surface area (Å²) in [5, 5.41) is 8.71. The fourth-order valence-corrected chi connectivity index (χ4v) is 3.39. The van der Waals surface area contributed by atoms with Crippen molar-refractivity contribution in [3.8, 4) is 5.75 Å². The van der Waals surface area contributed by atoms with E-state index >= 15 is 0 Å². The molecule has 0 fully saturated rings. The zero-order valence-electron chi connectivity index (χ0n) is 18.8. The number of quaternary nitrogens is 1. The highest BCUT2D eigenvalue weighted by molar-refractivity contribution is 5.43. The predicted molar refractivity (Wildman–Crippen MR) is 126 cm³/mol. The van der Waals surface area contributed by atoms with Crippen LogP contribution in [0.3, 0.4) is 0 Å². The van der Waals surface area contributed by atoms with E-state index in [2.05, 4.69) is 47.2 Å². The smallest absolute Gasteiger partial charge is 0.119 e. The highest BCUT2D eigenvalue weighted by Gasteiger charge is 1.98. The first-order valence-corrected chi connectivity index (χ1v) is 11.8. The molecule has 3 N–H and O–H groups in total. The molecule has 0 unspecified atom stereocenters. The number of azo groups is 1. The quantitative estimate of drug-likeness (QED) is 0.231. The van der Waals surface area contributed by atoms with Crippen molar-refractivity contribution >= 4 is 11.4 Å². The van der Waals surface area contributed by atoms with Crippen molar-refractivity contribution < 1.29 is 10.5 Å². The molecule has 0 aromatic heterocycles. The zero-order chi connectivity index (χ0) is 21.3. The molecule has 0 amide bonds. The number of ether oxygens (including phenoxy) is 1. The van der Waals surface area contributed by atoms with Crippen molar-refractivity contribution in [1.82, 2.24) is 0 Å². The topological polar surface area (TPSA) is 61.6 Å². The van der Waals surface area contributed by atoms with Crippen LogP contribution in [0.2, 0.25) is 0 Å². The fourth-order valence-electron chi connectivity index (χ4n) is 3.39. The molecule has 4 heteroatoms. The lowest BCUT2D eigenvalue weighted by Gasteiger charge is -2.05. The summed E-state index contributed by atoms with van der Waals surface area (Å²) in [6.07, 6.45) is 13.9. The first kappa shape index (κ1) is 24.1. The van der Waals surface area contributed by atoms with E-state index in [1.807, 2.05) is 24.3 Å². The van der Waals surface area contributed by atoms with E-state index in [0.29, 0.717) is 0 Å². The standard InChI is InChI=1S/C26H39N3O/c1-2-3-4-5-6-9-12-23-13-15-24(16-14-23)28-29-25-17-19-26(20-18-25)30-22-11-8-7-10-21-27/h13-20H,2-12,21-22,27H2,1H3/p+1. The van der Waals surface area contributed by atoms with Crippen LogP contribution in [0, 0.1) is 0 Å². The number of rotatable bonds is 16. The van der Waals surface area contributed by atoms with E-state index in [1.54, 1.807) is 0 Å². The number of nitrogens with zero attached hydrogens (tertiary/aromatic N) is 2. The summed E-state index contributed by atoms with van der Waals surface area (Å²) in [5.74, 6) is 0.894. The molecule has 2 aromatic rings. The predicted octanol–water partition coefficient (Wildman–Crippen LogP) is 7.19. The minimum Gasteiger partial charge on any atom is -0.494 e. The molecular weight excluding hydrogens is 370 g/mol. The molecular formula is C26H40N3O+. The molecule has 0 radical (unpaired) electrons. The minimum atomic E-state index is 0.767. The minimum absolute atomic E-state index is 0.767. The van der Waals surface area contributed by atoms with Gasteiger partial charge in [0.15, 0.2) is 0 Å². The molecule has 0 aliphatic carbocycles. The van der Waals surface area contributed by atoms with Gasteiger partial charge in [-0.15, -0.1) is 0 Å². The van der Waals surface area contributed by atoms with Gasteiger partial charge in [0.1, 0.15) is 5.75 Å². The Morgan fingerprint density at radius 2 is 1.23 bits per heavy atom. The van der Waals surface area contributed by atoms with E-state index in [0.717, 1.165) is 43.1 Å². The number of hydrogen-bond acceptors (Lipinski definition) is 3. The summed E-state index contributed by atoms with van der Waals surface area (Å²) in [7, 11) is 0. The van der Waals surface area contributed by atoms with Crippen LogP contribution in [0.15, 0.2) is 58.8 Å². The third-order valence-corrected chi connectivity index (χ3v) is 5.29. The van der Waals surface area contributed by atoms with Gasteiger partial charge < -0.3 is 10.5 Å². The van der Waals surface area contributed by atoms with Crippen LogP contribution in [0.4, 0.5) is 11.4 Å². The maximum atomic E-state index is 5.79. The number of hydrogen-bond donors (Lipinski definition) is 1. The number of unbranched alkanes of at least 4 members (excludes halogenated alkanes) is 8. The Hall–Kier alpha value is -2.20. The van der Waals surface area contributed by atoms with E-state index < -0.39 is 0 Å². The summed E-state index contributed by atoms with van der Waals surface area (Å²) >= 11 is 0. The molecule has 2 rings (SSSR count). The lowest BCUT2D eigenvalue weighted by atomic mass is 10.0. The Morgan fingerprint density at radius 3 is 1.90 bits per heavy atom. The Balaban J connectivity index is 1.68. The van der Waals surface area contributed by atoms with E-state index in [4.69, 9.17) is 4.74 Å². The maximum Gasteiger partial charge on any atom is 0.119 e. The number of benzene rings is 2. The molecule has 0 spiro atoms. The Kier molecular flexibility index (Phi) is 12.5. The Morgan fingerprint density at radius 1 is 0.667 bits per heavy atom. The average molecular weight is 411 g/mol. The largest absolute Gasteiger partial charge is 0.494 e. The first-order valence-electron chi connectivity index (χ1n) is 11.8. The van der Waals surface area contributed by atoms with E-state index in [1.165, 1.54) is 63.4 Å². The monoisotopic (exact) mass is 410 g/mol. The molecule has 0 aliphatic rings. The molecule has 0 saturated carbocycles. The summed E-state index contributed by atoms with van der Waals surface area (Å²) in [4.78, 5) is 0. The Labute approximate surface area is 182 Å². The first-order chi connectivity index (χ1) is 14.8. The molecule has 164 valence electrons. The molecule has 0 atom stereocenters. The third-order valence-electron chi connectivity index (χ3n) is 5.29. The van der Waals surface area contributed by atoms with Gasteiger partial charge in [-0.05, 0) is 80.5 Å². The van der Waals surface area contributed by atoms with Gasteiger partial charge in [0.05, 0.1) is 24.5 Å². The highest BCUT2D eigenvalue weighted by atomic mass is 16.5. The van der Waals surface area contributed by atoms with Crippen LogP contribution < -0.4 is 10.5 Å². The van der Waals surface area contributed by atoms with Crippen molar-refractivity contribution in [2.45, 2.75) is 77.6 Å². The van der Waals surface area contributed by atoms with E-state index in [9.17, 15) is 0 Å². The van der Waals surface area contributed by atoms with Crippen LogP contribution in [-0.4, -0.2) is 13.2 Å². The van der Waals surface area contributed by atoms with Crippen molar-refractivity contribution in [2.24, 2.45) is 10.2 Å². The number of aryl methyl sites for hydroxylation is 1. The van der Waals surface area contributed by atoms with Crippen LogP contribution in [0.25, 0.3) is 0 Å². The van der Waals surface area contributed by atoms with Gasteiger partial charge in [0.25, 0.3) is 0 Å². The summed E-state index contributed by atoms with van der Waals surface area (Å²) in [5.41, 5.74) is 6.99. The van der Waals surface area contributed by atoms with Crippen molar-refractivity contribution in [1.29, 1.82) is 0 Å². The lowest BCUT2D eigenvalue weighted by molar-refractivity contribution is -0.368. The van der Waals surface area contributed by atoms with Gasteiger partial charge in [-0.25, -0.2) is 0 Å². The van der Waals surface area contributed by atoms with Gasteiger partial charge in [0.2, 0.25) is 0 Å². The molecule has 0 saturated heterocycles. The summed E-state index contributed by atoms with van der Waals surface area (Å²) in [6, 6.07) is 16.3. The molecule has 30 heavy (non-hydrogen) atoms. The van der Waals surface area contributed by atoms with Crippen LogP contribution in [-0.2, 0) is 6.42 Å². The molecule has 4 nitrogen and oxygen atoms in total. The Bertz CT molecular complexity index is 634. The third kappa shape index (κ3) is 10.5. The SMILES string of the molecule is CCCCCCCCc1ccc(N=Nc2ccc(OCCCCCC[NH3+])cc2)cc1. The van der Waals surface area contributed by atoms with Crippen molar-refractivity contribution in [2.75, 3.05) is 13.2 Å². The zero-order valence-corrected chi connectivity index (χ0v) is 18.8. The van der Waals surface area contributed by atoms with Gasteiger partial charge in [-0.2, -0.15) is 10.2 Å². The highest BCUT2D eigenvalue weighted by Crippen LogP contribution is 2.22. The van der Waals surface area contributed by atoms with Gasteiger partial charge in [-0.3, -0.25) is 0 Å². The second kappa shape index (κ2) is 15.6. The average Bonchev–Trinajstić information content (AvgIpc) is 2.79. The maximum absolute atomic E-state index is 5.79. The normalized spacial score (nSPS) is 11.3. The molecule has 0 aliphatic heterocycles. The van der Waals surface area contributed by atoms with Crippen molar-refractivity contribution in [3.05, 3.63) is 54.1 Å². The summed E-state index contributed by atoms with van der Waals surface area (Å²) in [6.45, 7) is 4.06. The van der Waals surface area contributed by atoms with Crippen LogP contribution in [0.5, 0.6) is 5.75 Å².